The molecule has 2 aromatic rings. The van der Waals surface area contributed by atoms with Crippen molar-refractivity contribution >= 4 is 74.5 Å². The third-order valence-electron chi connectivity index (χ3n) is 6.04. The van der Waals surface area contributed by atoms with Crippen LogP contribution in [0.4, 0.5) is 30.0 Å². The maximum absolute atomic E-state index is 13.4. The molecule has 2 fully saturated rings. The highest BCUT2D eigenvalue weighted by atomic mass is 35.5. The van der Waals surface area contributed by atoms with Crippen LogP contribution >= 0.6 is 56.6 Å². The number of anilines is 1. The van der Waals surface area contributed by atoms with E-state index in [-0.39, 0.29) is 43.1 Å². The Labute approximate surface area is 231 Å². The number of methoxy groups -OCH3 is 1. The molecule has 1 aromatic heterocycles. The smallest absolute Gasteiger partial charge is 0.412 e. The van der Waals surface area contributed by atoms with E-state index in [2.05, 4.69) is 10.4 Å². The van der Waals surface area contributed by atoms with Crippen molar-refractivity contribution in [2.75, 3.05) is 19.0 Å². The van der Waals surface area contributed by atoms with Gasteiger partial charge in [-0.05, 0) is 31.4 Å². The number of ether oxygens (including phenoxy) is 2. The van der Waals surface area contributed by atoms with E-state index >= 15 is 0 Å². The number of nitriles is 1. The van der Waals surface area contributed by atoms with Gasteiger partial charge >= 0.3 is 22.3 Å². The molecule has 1 heterocycles. The first-order chi connectivity index (χ1) is 17.2. The molecule has 0 bridgehead atoms. The molecule has 0 aliphatic heterocycles. The fourth-order valence-electron chi connectivity index (χ4n) is 3.83. The van der Waals surface area contributed by atoms with Crippen molar-refractivity contribution in [3.8, 4) is 11.8 Å². The Balaban J connectivity index is 1.86. The number of nitrogens with one attached hydrogen (secondary N) is 1. The van der Waals surface area contributed by atoms with Crippen molar-refractivity contribution in [2.24, 2.45) is 5.92 Å². The summed E-state index contributed by atoms with van der Waals surface area (Å²) in [5, 5.41) is 14.1. The molecule has 38 heavy (non-hydrogen) atoms. The summed E-state index contributed by atoms with van der Waals surface area (Å²) < 4.78 is 76.5. The topological polar surface area (TPSA) is 106 Å². The molecule has 2 saturated carbocycles. The summed E-state index contributed by atoms with van der Waals surface area (Å²) >= 11 is 23.8. The van der Waals surface area contributed by atoms with Gasteiger partial charge in [0.05, 0.1) is 34.7 Å². The van der Waals surface area contributed by atoms with Crippen LogP contribution in [0.5, 0.6) is 0 Å². The Kier molecular flexibility index (Phi) is 6.38. The van der Waals surface area contributed by atoms with Crippen LogP contribution in [0.15, 0.2) is 17.0 Å². The summed E-state index contributed by atoms with van der Waals surface area (Å²) in [7, 11) is -9.10. The lowest BCUT2D eigenvalue weighted by atomic mass is 9.95. The van der Waals surface area contributed by atoms with Gasteiger partial charge in [-0.25, -0.2) is 9.48 Å². The van der Waals surface area contributed by atoms with Crippen molar-refractivity contribution in [3.63, 3.8) is 0 Å². The maximum Gasteiger partial charge on any atom is 0.412 e. The largest absolute Gasteiger partial charge is 0.468 e. The summed E-state index contributed by atoms with van der Waals surface area (Å²) in [5.74, 6) is -1.58. The second-order valence-corrected chi connectivity index (χ2v) is 13.5. The molecule has 1 N–H and O–H groups in total. The SMILES string of the molecule is COC(=O)C1(c2c(C#N)nn(-c3c(Cl)cc(S(F)(F)(F)(F)F)cc3Cl)c2NC(=O)OCC2CC2(Cl)Cl)CC1. The zero-order valence-electron chi connectivity index (χ0n) is 18.8. The van der Waals surface area contributed by atoms with Crippen LogP contribution in [-0.4, -0.2) is 39.9 Å². The molecule has 18 heteroatoms. The minimum absolute atomic E-state index is 0.0549. The number of carbonyl (C=O) groups excluding carboxylic acids is 2. The molecule has 1 unspecified atom stereocenters. The van der Waals surface area contributed by atoms with Crippen molar-refractivity contribution in [2.45, 2.75) is 33.9 Å². The summed E-state index contributed by atoms with van der Waals surface area (Å²) in [6, 6.07) is 1.63. The number of rotatable bonds is 7. The first-order valence-electron chi connectivity index (χ1n) is 10.4. The lowest BCUT2D eigenvalue weighted by Gasteiger charge is -2.40. The lowest BCUT2D eigenvalue weighted by Crippen LogP contribution is -2.26. The zero-order chi connectivity index (χ0) is 28.5. The molecule has 1 amide bonds. The highest BCUT2D eigenvalue weighted by Crippen LogP contribution is 3.02. The number of esters is 1. The average Bonchev–Trinajstić information content (AvgIpc) is 3.66. The van der Waals surface area contributed by atoms with Gasteiger partial charge < -0.3 is 9.47 Å². The van der Waals surface area contributed by atoms with Crippen LogP contribution in [0.3, 0.4) is 0 Å². The van der Waals surface area contributed by atoms with Gasteiger partial charge in [-0.3, -0.25) is 10.1 Å². The fourth-order valence-corrected chi connectivity index (χ4v) is 5.79. The predicted molar refractivity (Wildman–Crippen MR) is 130 cm³/mol. The Morgan fingerprint density at radius 1 is 1.21 bits per heavy atom. The van der Waals surface area contributed by atoms with E-state index in [0.717, 1.165) is 7.11 Å². The first kappa shape index (κ1) is 28.8. The second kappa shape index (κ2) is 8.41. The number of halogens is 9. The van der Waals surface area contributed by atoms with Gasteiger partial charge in [0, 0.05) is 5.92 Å². The fraction of sp³-hybridized carbons (Fsp3) is 0.400. The van der Waals surface area contributed by atoms with Crippen LogP contribution in [0, 0.1) is 17.2 Å². The molecular weight excluding hydrogens is 629 g/mol. The van der Waals surface area contributed by atoms with Gasteiger partial charge in [0.15, 0.2) is 5.69 Å². The van der Waals surface area contributed by atoms with Gasteiger partial charge in [0.25, 0.3) is 0 Å². The van der Waals surface area contributed by atoms with E-state index < -0.39 is 64.2 Å². The molecule has 2 aliphatic rings. The minimum atomic E-state index is -10.2. The Bertz CT molecular complexity index is 1400. The van der Waals surface area contributed by atoms with Crippen LogP contribution in [-0.2, 0) is 19.7 Å². The Morgan fingerprint density at radius 3 is 2.18 bits per heavy atom. The molecule has 1 aromatic carbocycles. The maximum atomic E-state index is 13.4. The van der Waals surface area contributed by atoms with E-state index in [1.807, 2.05) is 0 Å². The predicted octanol–water partition coefficient (Wildman–Crippen LogP) is 7.66. The number of aromatic nitrogens is 2. The van der Waals surface area contributed by atoms with Crippen LogP contribution < -0.4 is 5.32 Å². The normalized spacial score (nSPS) is 20.9. The molecule has 2 aliphatic carbocycles. The van der Waals surface area contributed by atoms with Crippen molar-refractivity contribution in [1.29, 1.82) is 5.26 Å². The molecule has 4 rings (SSSR count). The summed E-state index contributed by atoms with van der Waals surface area (Å²) in [4.78, 5) is 22.9. The third-order valence-corrected chi connectivity index (χ3v) is 8.66. The van der Waals surface area contributed by atoms with E-state index in [1.54, 1.807) is 6.07 Å². The van der Waals surface area contributed by atoms with E-state index in [4.69, 9.17) is 55.9 Å². The number of carbonyl (C=O) groups is 2. The summed E-state index contributed by atoms with van der Waals surface area (Å²) in [5.41, 5.74) is -2.61. The van der Waals surface area contributed by atoms with Gasteiger partial charge in [-0.2, -0.15) is 10.4 Å². The molecule has 0 radical (unpaired) electrons. The van der Waals surface area contributed by atoms with E-state index in [9.17, 15) is 34.3 Å². The molecule has 0 saturated heterocycles. The van der Waals surface area contributed by atoms with E-state index in [1.165, 1.54) is 0 Å². The Hall–Kier alpha value is -2.18. The number of benzene rings is 1. The van der Waals surface area contributed by atoms with Gasteiger partial charge in [0.1, 0.15) is 26.8 Å². The van der Waals surface area contributed by atoms with Crippen LogP contribution in [0.25, 0.3) is 5.69 Å². The van der Waals surface area contributed by atoms with Gasteiger partial charge in [-0.1, -0.05) is 42.6 Å². The van der Waals surface area contributed by atoms with Crippen LogP contribution in [0.2, 0.25) is 10.0 Å². The van der Waals surface area contributed by atoms with E-state index in [0.29, 0.717) is 11.1 Å². The van der Waals surface area contributed by atoms with Crippen molar-refractivity contribution in [3.05, 3.63) is 33.4 Å². The van der Waals surface area contributed by atoms with Gasteiger partial charge in [-0.15, -0.1) is 23.2 Å². The van der Waals surface area contributed by atoms with Crippen molar-refractivity contribution < 1.29 is 38.5 Å². The molecular formula is C20H15Cl4F5N4O4S. The Morgan fingerprint density at radius 2 is 1.76 bits per heavy atom. The number of nitrogens with zero attached hydrogens (tertiary/aromatic N) is 3. The number of alkyl halides is 2. The summed E-state index contributed by atoms with van der Waals surface area (Å²) in [6.07, 6.45) is -0.459. The third kappa shape index (κ3) is 5.31. The molecule has 0 spiro atoms. The number of hydrogen-bond acceptors (Lipinski definition) is 6. The monoisotopic (exact) mass is 642 g/mol. The number of hydrogen-bond donors (Lipinski definition) is 1. The molecule has 8 nitrogen and oxygen atoms in total. The molecule has 1 atom stereocenters. The average molecular weight is 644 g/mol. The second-order valence-electron chi connectivity index (χ2n) is 8.76. The highest BCUT2D eigenvalue weighted by molar-refractivity contribution is 8.45. The first-order valence-corrected chi connectivity index (χ1v) is 13.9. The van der Waals surface area contributed by atoms with Gasteiger partial charge in [0.2, 0.25) is 0 Å². The highest BCUT2D eigenvalue weighted by Gasteiger charge is 2.66. The standard InChI is InChI=1S/C20H15Cl4F5N4O4S/c1-36-17(34)19(2-3-19)14-13(7-30)32-33(16(14)31-18(35)37-8-9-6-20(9,23)24)15-11(21)4-10(5-12(15)22)38(25,26,27,28)29/h4-5,9H,2-3,6,8H2,1H3,(H,31,35). The quantitative estimate of drug-likeness (QED) is 0.189. The number of amides is 1. The lowest BCUT2D eigenvalue weighted by molar-refractivity contribution is -0.143. The zero-order valence-corrected chi connectivity index (χ0v) is 22.7. The summed E-state index contributed by atoms with van der Waals surface area (Å²) in [6.45, 7) is -0.213. The molecule has 208 valence electrons. The van der Waals surface area contributed by atoms with Crippen molar-refractivity contribution in [1.82, 2.24) is 9.78 Å². The minimum Gasteiger partial charge on any atom is -0.468 e. The van der Waals surface area contributed by atoms with Crippen LogP contribution in [0.1, 0.15) is 30.5 Å².